The first-order valence-corrected chi connectivity index (χ1v) is 7.54. The molecule has 2 bridgehead atoms. The Hall–Kier alpha value is -0.260. The largest absolute Gasteiger partial charge is 0.0999 e. The van der Waals surface area contributed by atoms with E-state index in [4.69, 9.17) is 0 Å². The van der Waals surface area contributed by atoms with Crippen LogP contribution in [-0.2, 0) is 0 Å². The summed E-state index contributed by atoms with van der Waals surface area (Å²) in [6.45, 7) is 14.3. The molecule has 0 aromatic rings. The van der Waals surface area contributed by atoms with Gasteiger partial charge < -0.3 is 0 Å². The molecule has 4 aliphatic carbocycles. The summed E-state index contributed by atoms with van der Waals surface area (Å²) in [5.41, 5.74) is 2.82. The zero-order chi connectivity index (χ0) is 12.4. The molecule has 0 aliphatic heterocycles. The molecule has 0 heteroatoms. The summed E-state index contributed by atoms with van der Waals surface area (Å²) in [6, 6.07) is 0. The highest BCUT2D eigenvalue weighted by atomic mass is 14.7. The normalized spacial score (nSPS) is 52.4. The van der Waals surface area contributed by atoms with Gasteiger partial charge in [-0.2, -0.15) is 0 Å². The molecule has 0 heterocycles. The van der Waals surface area contributed by atoms with Crippen molar-refractivity contribution in [3.8, 4) is 0 Å². The van der Waals surface area contributed by atoms with Crippen LogP contribution >= 0.6 is 0 Å². The lowest BCUT2D eigenvalue weighted by Crippen LogP contribution is -2.61. The summed E-state index contributed by atoms with van der Waals surface area (Å²) >= 11 is 0. The molecule has 4 rings (SSSR count). The third-order valence-electron chi connectivity index (χ3n) is 7.20. The van der Waals surface area contributed by atoms with Crippen LogP contribution in [0.2, 0.25) is 0 Å². The molecule has 96 valence electrons. The molecule has 0 radical (unpaired) electrons. The van der Waals surface area contributed by atoms with Crippen molar-refractivity contribution in [1.82, 2.24) is 0 Å². The fourth-order valence-corrected chi connectivity index (χ4v) is 5.67. The first kappa shape index (κ1) is 11.8. The van der Waals surface area contributed by atoms with E-state index in [1.54, 1.807) is 0 Å². The molecular weight excluding hydrogens is 204 g/mol. The van der Waals surface area contributed by atoms with Crippen molar-refractivity contribution < 1.29 is 0 Å². The van der Waals surface area contributed by atoms with Gasteiger partial charge in [-0.05, 0) is 66.6 Å². The summed E-state index contributed by atoms with van der Waals surface area (Å²) in [6.07, 6.45) is 7.05. The molecule has 0 saturated heterocycles. The van der Waals surface area contributed by atoms with Gasteiger partial charge in [0.2, 0.25) is 0 Å². The standard InChI is InChI=1S/C17H28/c1-11-6-7-17(12(2)8-11)10-14-9-15(13(17)3)16(14,4)5/h12-15H,1,6-10H2,2-5H3. The zero-order valence-corrected chi connectivity index (χ0v) is 12.1. The number of rotatable bonds is 0. The average Bonchev–Trinajstić information content (AvgIpc) is 2.26. The maximum absolute atomic E-state index is 4.23. The van der Waals surface area contributed by atoms with Crippen molar-refractivity contribution in [1.29, 1.82) is 0 Å². The van der Waals surface area contributed by atoms with Crippen molar-refractivity contribution in [2.75, 3.05) is 0 Å². The lowest BCUT2D eigenvalue weighted by atomic mass is 9.36. The Labute approximate surface area is 107 Å². The molecule has 0 aromatic heterocycles. The molecule has 4 aliphatic rings. The number of allylic oxidation sites excluding steroid dienone is 1. The molecule has 0 aromatic carbocycles. The van der Waals surface area contributed by atoms with Crippen LogP contribution < -0.4 is 0 Å². The Morgan fingerprint density at radius 2 is 1.94 bits per heavy atom. The average molecular weight is 232 g/mol. The molecule has 4 fully saturated rings. The molecule has 0 N–H and O–H groups in total. The minimum Gasteiger partial charge on any atom is -0.0999 e. The van der Waals surface area contributed by atoms with E-state index >= 15 is 0 Å². The minimum absolute atomic E-state index is 0.638. The fourth-order valence-electron chi connectivity index (χ4n) is 5.67. The third kappa shape index (κ3) is 1.36. The van der Waals surface area contributed by atoms with Crippen molar-refractivity contribution in [3.05, 3.63) is 12.2 Å². The Morgan fingerprint density at radius 1 is 1.24 bits per heavy atom. The monoisotopic (exact) mass is 232 g/mol. The van der Waals surface area contributed by atoms with E-state index in [1.807, 2.05) is 0 Å². The van der Waals surface area contributed by atoms with Gasteiger partial charge in [0.15, 0.2) is 0 Å². The maximum atomic E-state index is 4.23. The highest BCUT2D eigenvalue weighted by Crippen LogP contribution is 2.70. The molecule has 17 heavy (non-hydrogen) atoms. The second kappa shape index (κ2) is 3.39. The van der Waals surface area contributed by atoms with E-state index in [0.29, 0.717) is 10.8 Å². The fraction of sp³-hybridized carbons (Fsp3) is 0.882. The van der Waals surface area contributed by atoms with E-state index in [9.17, 15) is 0 Å². The zero-order valence-electron chi connectivity index (χ0n) is 12.1. The molecule has 5 atom stereocenters. The first-order valence-electron chi connectivity index (χ1n) is 7.54. The van der Waals surface area contributed by atoms with Crippen molar-refractivity contribution in [3.63, 3.8) is 0 Å². The Kier molecular flexibility index (Phi) is 2.36. The summed E-state index contributed by atoms with van der Waals surface area (Å²) in [4.78, 5) is 0. The topological polar surface area (TPSA) is 0 Å². The maximum Gasteiger partial charge on any atom is -0.0234 e. The second-order valence-electron chi connectivity index (χ2n) is 7.94. The number of hydrogen-bond donors (Lipinski definition) is 0. The number of hydrogen-bond acceptors (Lipinski definition) is 0. The van der Waals surface area contributed by atoms with Crippen LogP contribution in [0.25, 0.3) is 0 Å². The molecule has 4 saturated carbocycles. The summed E-state index contributed by atoms with van der Waals surface area (Å²) < 4.78 is 0. The van der Waals surface area contributed by atoms with Gasteiger partial charge in [0, 0.05) is 0 Å². The molecule has 0 amide bonds. The van der Waals surface area contributed by atoms with Crippen LogP contribution in [0.15, 0.2) is 12.2 Å². The van der Waals surface area contributed by atoms with E-state index in [-0.39, 0.29) is 0 Å². The predicted molar refractivity (Wildman–Crippen MR) is 73.7 cm³/mol. The molecular formula is C17H28. The minimum atomic E-state index is 0.638. The lowest BCUT2D eigenvalue weighted by Gasteiger charge is -2.68. The molecule has 0 nitrogen and oxygen atoms in total. The Morgan fingerprint density at radius 3 is 2.47 bits per heavy atom. The SMILES string of the molecule is C=C1CCC2(CC3CC(C2C)C3(C)C)C(C)C1. The van der Waals surface area contributed by atoms with Crippen LogP contribution in [0.3, 0.4) is 0 Å². The third-order valence-corrected chi connectivity index (χ3v) is 7.20. The van der Waals surface area contributed by atoms with Crippen molar-refractivity contribution >= 4 is 0 Å². The van der Waals surface area contributed by atoms with Gasteiger partial charge in [-0.1, -0.05) is 39.8 Å². The summed E-state index contributed by atoms with van der Waals surface area (Å²) in [5.74, 6) is 3.82. The van der Waals surface area contributed by atoms with Gasteiger partial charge >= 0.3 is 0 Å². The van der Waals surface area contributed by atoms with Gasteiger partial charge in [0.1, 0.15) is 0 Å². The summed E-state index contributed by atoms with van der Waals surface area (Å²) in [5, 5.41) is 0. The first-order chi connectivity index (χ1) is 7.88. The van der Waals surface area contributed by atoms with Crippen molar-refractivity contribution in [2.45, 2.75) is 59.8 Å². The molecule has 5 unspecified atom stereocenters. The van der Waals surface area contributed by atoms with Crippen LogP contribution in [0.5, 0.6) is 0 Å². The lowest BCUT2D eigenvalue weighted by molar-refractivity contribution is -0.191. The summed E-state index contributed by atoms with van der Waals surface area (Å²) in [7, 11) is 0. The van der Waals surface area contributed by atoms with Gasteiger partial charge in [-0.15, -0.1) is 0 Å². The van der Waals surface area contributed by atoms with Crippen molar-refractivity contribution in [2.24, 2.45) is 34.5 Å². The van der Waals surface area contributed by atoms with Gasteiger partial charge in [-0.3, -0.25) is 0 Å². The van der Waals surface area contributed by atoms with Gasteiger partial charge in [0.25, 0.3) is 0 Å². The van der Waals surface area contributed by atoms with Crippen LogP contribution in [0.4, 0.5) is 0 Å². The molecule has 1 spiro atoms. The smallest absolute Gasteiger partial charge is 0.0234 e. The van der Waals surface area contributed by atoms with E-state index in [2.05, 4.69) is 34.3 Å². The van der Waals surface area contributed by atoms with Gasteiger partial charge in [-0.25, -0.2) is 0 Å². The second-order valence-corrected chi connectivity index (χ2v) is 7.94. The van der Waals surface area contributed by atoms with Crippen LogP contribution in [-0.4, -0.2) is 0 Å². The Balaban J connectivity index is 1.88. The van der Waals surface area contributed by atoms with Gasteiger partial charge in [0.05, 0.1) is 0 Å². The highest BCUT2D eigenvalue weighted by molar-refractivity contribution is 5.15. The quantitative estimate of drug-likeness (QED) is 0.513. The highest BCUT2D eigenvalue weighted by Gasteiger charge is 2.62. The predicted octanol–water partition coefficient (Wildman–Crippen LogP) is 5.05. The van der Waals surface area contributed by atoms with E-state index < -0.39 is 0 Å². The van der Waals surface area contributed by atoms with E-state index in [0.717, 1.165) is 23.7 Å². The van der Waals surface area contributed by atoms with E-state index in [1.165, 1.54) is 37.7 Å². The van der Waals surface area contributed by atoms with Crippen LogP contribution in [0.1, 0.15) is 59.8 Å². The van der Waals surface area contributed by atoms with Crippen LogP contribution in [0, 0.1) is 34.5 Å². The Bertz CT molecular complexity index is 351.